The van der Waals surface area contributed by atoms with E-state index in [0.717, 1.165) is 11.5 Å². The van der Waals surface area contributed by atoms with Crippen LogP contribution in [-0.2, 0) is 11.5 Å². The van der Waals surface area contributed by atoms with Gasteiger partial charge in [-0.1, -0.05) is 82.3 Å². The minimum Gasteiger partial charge on any atom is -0.253 e. The number of benzene rings is 2. The third-order valence-corrected chi connectivity index (χ3v) is 5.37. The maximum Gasteiger partial charge on any atom is 0.0791 e. The van der Waals surface area contributed by atoms with Crippen molar-refractivity contribution in [2.45, 2.75) is 11.5 Å². The summed E-state index contributed by atoms with van der Waals surface area (Å²) in [7, 11) is 3.84. The van der Waals surface area contributed by atoms with Crippen molar-refractivity contribution < 1.29 is 0 Å². The Morgan fingerprint density at radius 3 is 1.62 bits per heavy atom. The van der Waals surface area contributed by atoms with Gasteiger partial charge in [-0.15, -0.1) is 11.3 Å². The number of hydrogen-bond donors (Lipinski definition) is 0. The van der Waals surface area contributed by atoms with Crippen LogP contribution in [-0.4, -0.2) is 4.98 Å². The second-order valence-electron chi connectivity index (χ2n) is 4.17. The molecule has 4 heteroatoms. The van der Waals surface area contributed by atoms with Crippen molar-refractivity contribution >= 4 is 32.9 Å². The van der Waals surface area contributed by atoms with Crippen molar-refractivity contribution in [3.05, 3.63) is 88.9 Å². The Kier molecular flexibility index (Phi) is 8.07. The lowest BCUT2D eigenvalue weighted by atomic mass is 10.2. The van der Waals surface area contributed by atoms with E-state index in [9.17, 15) is 0 Å². The summed E-state index contributed by atoms with van der Waals surface area (Å²) in [5.74, 6) is 2.16. The van der Waals surface area contributed by atoms with Crippen LogP contribution in [0.1, 0.15) is 11.1 Å². The number of thiazole rings is 1. The first-order valence-corrected chi connectivity index (χ1v) is 10.0. The van der Waals surface area contributed by atoms with E-state index in [2.05, 4.69) is 65.6 Å². The van der Waals surface area contributed by atoms with Crippen molar-refractivity contribution in [3.8, 4) is 0 Å². The smallest absolute Gasteiger partial charge is 0.0791 e. The molecular weight excluding hydrogens is 314 g/mol. The van der Waals surface area contributed by atoms with Gasteiger partial charge >= 0.3 is 0 Å². The third-order valence-electron chi connectivity index (χ3n) is 2.57. The largest absolute Gasteiger partial charge is 0.253 e. The van der Waals surface area contributed by atoms with Crippen molar-refractivity contribution in [2.24, 2.45) is 0 Å². The fourth-order valence-electron chi connectivity index (χ4n) is 1.54. The van der Waals surface area contributed by atoms with Crippen LogP contribution in [0.15, 0.2) is 77.8 Å². The maximum absolute atomic E-state index is 3.74. The lowest BCUT2D eigenvalue weighted by Crippen LogP contribution is -1.78. The molecule has 0 radical (unpaired) electrons. The van der Waals surface area contributed by atoms with Gasteiger partial charge in [0.05, 0.1) is 5.51 Å². The molecule has 0 saturated carbocycles. The molecule has 1 heterocycles. The predicted molar refractivity (Wildman–Crippen MR) is 97.6 cm³/mol. The average Bonchev–Trinajstić information content (AvgIpc) is 3.13. The van der Waals surface area contributed by atoms with Crippen LogP contribution in [0.2, 0.25) is 0 Å². The standard InChI is InChI=1S/C14H14S2.C3H3NS/c1-3-7-13(8-4-1)11-15-16-12-14-9-5-2-6-10-14;1-2-5-3-4-1/h1-10H,11-12H2;1-3H. The third kappa shape index (κ3) is 7.37. The van der Waals surface area contributed by atoms with Gasteiger partial charge in [0.25, 0.3) is 0 Å². The highest BCUT2D eigenvalue weighted by Gasteiger charge is 1.94. The van der Waals surface area contributed by atoms with E-state index in [4.69, 9.17) is 0 Å². The zero-order valence-electron chi connectivity index (χ0n) is 11.6. The van der Waals surface area contributed by atoms with Gasteiger partial charge in [-0.3, -0.25) is 4.98 Å². The van der Waals surface area contributed by atoms with Crippen LogP contribution >= 0.6 is 32.9 Å². The minimum absolute atomic E-state index is 1.08. The Balaban J connectivity index is 0.000000272. The van der Waals surface area contributed by atoms with Crippen molar-refractivity contribution in [1.29, 1.82) is 0 Å². The second kappa shape index (κ2) is 10.5. The second-order valence-corrected chi connectivity index (χ2v) is 7.39. The van der Waals surface area contributed by atoms with E-state index in [1.807, 2.05) is 27.0 Å². The van der Waals surface area contributed by atoms with Gasteiger partial charge in [-0.25, -0.2) is 0 Å². The van der Waals surface area contributed by atoms with Crippen LogP contribution in [0.3, 0.4) is 0 Å². The highest BCUT2D eigenvalue weighted by molar-refractivity contribution is 8.76. The highest BCUT2D eigenvalue weighted by atomic mass is 33.1. The topological polar surface area (TPSA) is 12.9 Å². The predicted octanol–water partition coefficient (Wildman–Crippen LogP) is 5.91. The summed E-state index contributed by atoms with van der Waals surface area (Å²) < 4.78 is 0. The normalized spacial score (nSPS) is 9.71. The number of hydrogen-bond acceptors (Lipinski definition) is 4. The minimum atomic E-state index is 1.08. The quantitative estimate of drug-likeness (QED) is 0.426. The molecule has 0 spiro atoms. The molecule has 0 amide bonds. The first-order valence-electron chi connectivity index (χ1n) is 6.59. The van der Waals surface area contributed by atoms with E-state index in [1.54, 1.807) is 23.0 Å². The summed E-state index contributed by atoms with van der Waals surface area (Å²) in [5.41, 5.74) is 4.58. The zero-order chi connectivity index (χ0) is 14.6. The molecule has 1 aromatic heterocycles. The molecule has 0 aliphatic heterocycles. The van der Waals surface area contributed by atoms with Gasteiger partial charge in [-0.05, 0) is 11.1 Å². The Bertz CT molecular complexity index is 509. The summed E-state index contributed by atoms with van der Waals surface area (Å²) in [6, 6.07) is 21.2. The molecule has 0 aliphatic rings. The molecule has 1 nitrogen and oxygen atoms in total. The number of nitrogens with zero attached hydrogens (tertiary/aromatic N) is 1. The highest BCUT2D eigenvalue weighted by Crippen LogP contribution is 2.29. The van der Waals surface area contributed by atoms with Crippen molar-refractivity contribution in [3.63, 3.8) is 0 Å². The molecule has 0 N–H and O–H groups in total. The summed E-state index contributed by atoms with van der Waals surface area (Å²) in [5, 5.41) is 1.93. The molecule has 0 unspecified atom stereocenters. The van der Waals surface area contributed by atoms with E-state index in [-0.39, 0.29) is 0 Å². The number of rotatable bonds is 5. The number of aromatic nitrogens is 1. The average molecular weight is 332 g/mol. The van der Waals surface area contributed by atoms with E-state index < -0.39 is 0 Å². The van der Waals surface area contributed by atoms with Gasteiger partial charge in [0.15, 0.2) is 0 Å². The molecular formula is C17H17NS3. The summed E-state index contributed by atoms with van der Waals surface area (Å²) in [6.45, 7) is 0. The van der Waals surface area contributed by atoms with Crippen LogP contribution < -0.4 is 0 Å². The van der Waals surface area contributed by atoms with Gasteiger partial charge in [0, 0.05) is 23.1 Å². The van der Waals surface area contributed by atoms with E-state index in [1.165, 1.54) is 11.1 Å². The summed E-state index contributed by atoms with van der Waals surface area (Å²) in [4.78, 5) is 3.74. The molecule has 0 atom stereocenters. The van der Waals surface area contributed by atoms with Crippen molar-refractivity contribution in [2.75, 3.05) is 0 Å². The van der Waals surface area contributed by atoms with Gasteiger partial charge in [-0.2, -0.15) is 0 Å². The van der Waals surface area contributed by atoms with E-state index in [0.29, 0.717) is 0 Å². The Hall–Kier alpha value is -1.23. The van der Waals surface area contributed by atoms with Crippen LogP contribution in [0.4, 0.5) is 0 Å². The molecule has 2 aromatic carbocycles. The molecule has 3 rings (SSSR count). The first kappa shape index (κ1) is 16.1. The van der Waals surface area contributed by atoms with Crippen LogP contribution in [0, 0.1) is 0 Å². The van der Waals surface area contributed by atoms with Crippen LogP contribution in [0.25, 0.3) is 0 Å². The van der Waals surface area contributed by atoms with E-state index >= 15 is 0 Å². The lowest BCUT2D eigenvalue weighted by Gasteiger charge is -2.01. The van der Waals surface area contributed by atoms with Gasteiger partial charge in [0.1, 0.15) is 0 Å². The fraction of sp³-hybridized carbons (Fsp3) is 0.118. The Labute approximate surface area is 138 Å². The molecule has 0 bridgehead atoms. The SMILES string of the molecule is c1ccc(CSSCc2ccccc2)cc1.c1cscn1. The zero-order valence-corrected chi connectivity index (χ0v) is 14.0. The first-order chi connectivity index (χ1) is 10.4. The molecule has 3 aromatic rings. The molecule has 108 valence electrons. The lowest BCUT2D eigenvalue weighted by molar-refractivity contribution is 1.42. The Morgan fingerprint density at radius 2 is 1.29 bits per heavy atom. The monoisotopic (exact) mass is 331 g/mol. The van der Waals surface area contributed by atoms with Crippen LogP contribution in [0.5, 0.6) is 0 Å². The molecule has 0 aliphatic carbocycles. The van der Waals surface area contributed by atoms with Gasteiger partial charge in [0.2, 0.25) is 0 Å². The maximum atomic E-state index is 3.74. The molecule has 0 fully saturated rings. The summed E-state index contributed by atoms with van der Waals surface area (Å²) >= 11 is 1.60. The Morgan fingerprint density at radius 1 is 0.762 bits per heavy atom. The summed E-state index contributed by atoms with van der Waals surface area (Å²) in [6.07, 6.45) is 1.77. The fourth-order valence-corrected chi connectivity index (χ4v) is 4.04. The van der Waals surface area contributed by atoms with Gasteiger partial charge < -0.3 is 0 Å². The molecule has 0 saturated heterocycles. The molecule has 21 heavy (non-hydrogen) atoms. The van der Waals surface area contributed by atoms with Crippen molar-refractivity contribution in [1.82, 2.24) is 4.98 Å².